The maximum atomic E-state index is 12.7. The number of carbonyl (C=O) groups is 4. The van der Waals surface area contributed by atoms with Gasteiger partial charge in [0.05, 0.1) is 12.8 Å². The molecule has 4 amide bonds. The smallest absolute Gasteiger partial charge is 0.255 e. The van der Waals surface area contributed by atoms with Crippen molar-refractivity contribution in [1.29, 1.82) is 0 Å². The van der Waals surface area contributed by atoms with Crippen LogP contribution in [-0.4, -0.2) is 37.7 Å². The molecule has 0 saturated heterocycles. The van der Waals surface area contributed by atoms with Crippen LogP contribution in [0.4, 0.5) is 11.4 Å². The highest BCUT2D eigenvalue weighted by Gasteiger charge is 2.12. The third-order valence-electron chi connectivity index (χ3n) is 5.10. The van der Waals surface area contributed by atoms with Crippen molar-refractivity contribution < 1.29 is 19.2 Å². The molecule has 0 bridgehead atoms. The number of carbonyl (C=O) groups excluding carboxylic acids is 4. The highest BCUT2D eigenvalue weighted by Crippen LogP contribution is 2.15. The molecule has 174 valence electrons. The monoisotopic (exact) mass is 458 g/mol. The molecule has 0 aliphatic rings. The lowest BCUT2D eigenvalue weighted by molar-refractivity contribution is -0.120. The molecule has 8 nitrogen and oxygen atoms in total. The summed E-state index contributed by atoms with van der Waals surface area (Å²) in [6, 6.07) is 20.4. The summed E-state index contributed by atoms with van der Waals surface area (Å²) in [4.78, 5) is 48.3. The molecule has 3 aromatic rings. The van der Waals surface area contributed by atoms with Gasteiger partial charge in [0, 0.05) is 36.6 Å². The van der Waals surface area contributed by atoms with E-state index < -0.39 is 0 Å². The molecule has 0 heterocycles. The summed E-state index contributed by atoms with van der Waals surface area (Å²) >= 11 is 0. The van der Waals surface area contributed by atoms with Crippen molar-refractivity contribution in [2.45, 2.75) is 12.8 Å². The zero-order valence-corrected chi connectivity index (χ0v) is 19.0. The van der Waals surface area contributed by atoms with Crippen LogP contribution in [0.5, 0.6) is 0 Å². The van der Waals surface area contributed by atoms with E-state index in [0.29, 0.717) is 22.5 Å². The lowest BCUT2D eigenvalue weighted by Crippen LogP contribution is -2.20. The molecule has 0 aliphatic heterocycles. The molecular weight excluding hydrogens is 432 g/mol. The van der Waals surface area contributed by atoms with Crippen molar-refractivity contribution in [3.63, 3.8) is 0 Å². The second kappa shape index (κ2) is 11.4. The number of nitrogens with one attached hydrogen (secondary N) is 4. The molecule has 0 atom stereocenters. The minimum atomic E-state index is -0.354. The van der Waals surface area contributed by atoms with E-state index in [0.717, 1.165) is 11.1 Å². The van der Waals surface area contributed by atoms with Crippen molar-refractivity contribution in [3.05, 3.63) is 95.1 Å². The third-order valence-corrected chi connectivity index (χ3v) is 5.10. The van der Waals surface area contributed by atoms with Gasteiger partial charge in [-0.1, -0.05) is 30.3 Å². The zero-order chi connectivity index (χ0) is 24.5. The Morgan fingerprint density at radius 1 is 0.588 bits per heavy atom. The van der Waals surface area contributed by atoms with Gasteiger partial charge >= 0.3 is 0 Å². The lowest BCUT2D eigenvalue weighted by atomic mass is 10.1. The van der Waals surface area contributed by atoms with Crippen molar-refractivity contribution in [3.8, 4) is 0 Å². The van der Waals surface area contributed by atoms with Gasteiger partial charge in [-0.3, -0.25) is 19.2 Å². The molecule has 0 saturated carbocycles. The summed E-state index contributed by atoms with van der Waals surface area (Å²) in [7, 11) is 3.16. The Bertz CT molecular complexity index is 1100. The number of likely N-dealkylation sites (N-methyl/N-ethyl adjacent to an activating group) is 2. The Morgan fingerprint density at radius 2 is 0.971 bits per heavy atom. The first-order chi connectivity index (χ1) is 16.4. The van der Waals surface area contributed by atoms with Crippen molar-refractivity contribution in [2.24, 2.45) is 0 Å². The molecule has 4 N–H and O–H groups in total. The predicted octanol–water partition coefficient (Wildman–Crippen LogP) is 2.77. The number of hydrogen-bond donors (Lipinski definition) is 4. The fourth-order valence-electron chi connectivity index (χ4n) is 3.17. The standard InChI is InChI=1S/C26H26N4O4/c1-27-23(31)14-17-6-10-21(11-7-17)29-25(33)19-4-3-5-20(16-19)26(34)30-22-12-8-18(9-13-22)15-24(32)28-2/h3-13,16H,14-15H2,1-2H3,(H,27,31)(H,28,32)(H,29,33)(H,30,34). The number of hydrogen-bond acceptors (Lipinski definition) is 4. The molecular formula is C26H26N4O4. The van der Waals surface area contributed by atoms with E-state index in [9.17, 15) is 19.2 Å². The Balaban J connectivity index is 1.62. The van der Waals surface area contributed by atoms with Crippen LogP contribution in [0, 0.1) is 0 Å². The van der Waals surface area contributed by atoms with Crippen LogP contribution in [0.25, 0.3) is 0 Å². The first kappa shape index (κ1) is 24.2. The molecule has 3 aromatic carbocycles. The van der Waals surface area contributed by atoms with Crippen LogP contribution in [0.1, 0.15) is 31.8 Å². The minimum absolute atomic E-state index is 0.0910. The third kappa shape index (κ3) is 6.77. The summed E-state index contributed by atoms with van der Waals surface area (Å²) in [5.74, 6) is -0.891. The molecule has 0 unspecified atom stereocenters. The molecule has 0 fully saturated rings. The SMILES string of the molecule is CNC(=O)Cc1ccc(NC(=O)c2cccc(C(=O)Nc3ccc(CC(=O)NC)cc3)c2)cc1. The number of benzene rings is 3. The second-order valence-corrected chi connectivity index (χ2v) is 7.58. The molecule has 0 spiro atoms. The first-order valence-corrected chi connectivity index (χ1v) is 10.7. The highest BCUT2D eigenvalue weighted by molar-refractivity contribution is 6.08. The van der Waals surface area contributed by atoms with Crippen LogP contribution in [0.3, 0.4) is 0 Å². The van der Waals surface area contributed by atoms with Gasteiger partial charge in [-0.25, -0.2) is 0 Å². The normalized spacial score (nSPS) is 10.2. The van der Waals surface area contributed by atoms with E-state index in [1.807, 2.05) is 0 Å². The molecule has 0 radical (unpaired) electrons. The number of anilines is 2. The summed E-state index contributed by atoms with van der Waals surface area (Å²) in [6.07, 6.45) is 0.525. The fraction of sp³-hybridized carbons (Fsp3) is 0.154. The van der Waals surface area contributed by atoms with Gasteiger partial charge in [-0.05, 0) is 53.6 Å². The Hall–Kier alpha value is -4.46. The molecule has 0 aliphatic carbocycles. The topological polar surface area (TPSA) is 116 Å². The second-order valence-electron chi connectivity index (χ2n) is 7.58. The quantitative estimate of drug-likeness (QED) is 0.415. The average molecular weight is 459 g/mol. The maximum Gasteiger partial charge on any atom is 0.255 e. The van der Waals surface area contributed by atoms with E-state index >= 15 is 0 Å². The van der Waals surface area contributed by atoms with Crippen LogP contribution in [-0.2, 0) is 22.4 Å². The van der Waals surface area contributed by atoms with E-state index in [2.05, 4.69) is 21.3 Å². The van der Waals surface area contributed by atoms with E-state index in [4.69, 9.17) is 0 Å². The Labute approximate surface area is 197 Å². The van der Waals surface area contributed by atoms with Gasteiger partial charge in [0.2, 0.25) is 11.8 Å². The van der Waals surface area contributed by atoms with Gasteiger partial charge in [-0.15, -0.1) is 0 Å². The largest absolute Gasteiger partial charge is 0.359 e. The summed E-state index contributed by atoms with van der Waals surface area (Å²) in [6.45, 7) is 0. The van der Waals surface area contributed by atoms with Crippen LogP contribution < -0.4 is 21.3 Å². The fourth-order valence-corrected chi connectivity index (χ4v) is 3.17. The molecule has 0 aromatic heterocycles. The van der Waals surface area contributed by atoms with E-state index in [1.54, 1.807) is 80.8 Å². The van der Waals surface area contributed by atoms with Crippen LogP contribution >= 0.6 is 0 Å². The summed E-state index contributed by atoms with van der Waals surface area (Å²) in [5, 5.41) is 10.7. The van der Waals surface area contributed by atoms with Crippen LogP contribution in [0.2, 0.25) is 0 Å². The average Bonchev–Trinajstić information content (AvgIpc) is 2.86. The maximum absolute atomic E-state index is 12.7. The van der Waals surface area contributed by atoms with Gasteiger partial charge in [0.1, 0.15) is 0 Å². The van der Waals surface area contributed by atoms with Gasteiger partial charge in [-0.2, -0.15) is 0 Å². The van der Waals surface area contributed by atoms with E-state index in [1.165, 1.54) is 6.07 Å². The zero-order valence-electron chi connectivity index (χ0n) is 19.0. The molecule has 8 heteroatoms. The van der Waals surface area contributed by atoms with Gasteiger partial charge < -0.3 is 21.3 Å². The first-order valence-electron chi connectivity index (χ1n) is 10.7. The molecule has 34 heavy (non-hydrogen) atoms. The highest BCUT2D eigenvalue weighted by atomic mass is 16.2. The predicted molar refractivity (Wildman–Crippen MR) is 131 cm³/mol. The Kier molecular flexibility index (Phi) is 8.12. The van der Waals surface area contributed by atoms with Gasteiger partial charge in [0.25, 0.3) is 11.8 Å². The minimum Gasteiger partial charge on any atom is -0.359 e. The van der Waals surface area contributed by atoms with Crippen molar-refractivity contribution in [2.75, 3.05) is 24.7 Å². The number of rotatable bonds is 8. The lowest BCUT2D eigenvalue weighted by Gasteiger charge is -2.09. The van der Waals surface area contributed by atoms with Crippen molar-refractivity contribution in [1.82, 2.24) is 10.6 Å². The van der Waals surface area contributed by atoms with Crippen LogP contribution in [0.15, 0.2) is 72.8 Å². The molecule has 3 rings (SSSR count). The van der Waals surface area contributed by atoms with Gasteiger partial charge in [0.15, 0.2) is 0 Å². The van der Waals surface area contributed by atoms with E-state index in [-0.39, 0.29) is 36.5 Å². The van der Waals surface area contributed by atoms with Crippen molar-refractivity contribution >= 4 is 35.0 Å². The summed E-state index contributed by atoms with van der Waals surface area (Å²) in [5.41, 5.74) is 3.50. The summed E-state index contributed by atoms with van der Waals surface area (Å²) < 4.78 is 0. The Morgan fingerprint density at radius 3 is 1.32 bits per heavy atom. The number of amides is 4.